The van der Waals surface area contributed by atoms with E-state index in [2.05, 4.69) is 39.8 Å². The van der Waals surface area contributed by atoms with Gasteiger partial charge in [0.25, 0.3) is 0 Å². The smallest absolute Gasteiger partial charge is 0.167 e. The van der Waals surface area contributed by atoms with Crippen molar-refractivity contribution in [2.24, 2.45) is 0 Å². The minimum Gasteiger partial charge on any atom is -0.507 e. The van der Waals surface area contributed by atoms with Crippen molar-refractivity contribution in [2.45, 2.75) is 78.7 Å². The van der Waals surface area contributed by atoms with Crippen LogP contribution in [0.15, 0.2) is 29.4 Å². The van der Waals surface area contributed by atoms with Crippen molar-refractivity contribution in [1.29, 1.82) is 0 Å². The van der Waals surface area contributed by atoms with Crippen LogP contribution in [0.5, 0.6) is 17.2 Å². The van der Waals surface area contributed by atoms with Crippen LogP contribution in [0, 0.1) is 0 Å². The molecule has 1 aromatic rings. The number of phenolic OH excluding ortho intramolecular Hbond substituents is 2. The van der Waals surface area contributed by atoms with E-state index >= 15 is 0 Å². The van der Waals surface area contributed by atoms with Gasteiger partial charge in [-0.2, -0.15) is 0 Å². The molecule has 148 valence electrons. The molecule has 1 aromatic carbocycles. The zero-order valence-electron chi connectivity index (χ0n) is 17.2. The number of carbonyl (C=O) groups is 1. The maximum atomic E-state index is 11.6. The van der Waals surface area contributed by atoms with Crippen molar-refractivity contribution in [1.82, 2.24) is 0 Å². The van der Waals surface area contributed by atoms with E-state index in [1.807, 2.05) is 0 Å². The molecule has 0 bridgehead atoms. The molecule has 1 unspecified atom stereocenters. The normalized spacial score (nSPS) is 19.2. The first kappa shape index (κ1) is 21.1. The Labute approximate surface area is 162 Å². The maximum absolute atomic E-state index is 11.6. The van der Waals surface area contributed by atoms with Gasteiger partial charge < -0.3 is 14.9 Å². The van der Waals surface area contributed by atoms with E-state index < -0.39 is 0 Å². The number of allylic oxidation sites excluding steroid dienone is 4. The van der Waals surface area contributed by atoms with Crippen LogP contribution in [-0.4, -0.2) is 21.6 Å². The fourth-order valence-electron chi connectivity index (χ4n) is 3.55. The van der Waals surface area contributed by atoms with Crippen LogP contribution in [0.25, 0.3) is 0 Å². The Morgan fingerprint density at radius 2 is 1.89 bits per heavy atom. The summed E-state index contributed by atoms with van der Waals surface area (Å²) in [6.07, 6.45) is 9.86. The minimum absolute atomic E-state index is 0.0177. The molecular weight excluding hydrogens is 340 g/mol. The molecule has 0 spiro atoms. The average molecular weight is 373 g/mol. The molecule has 27 heavy (non-hydrogen) atoms. The lowest BCUT2D eigenvalue weighted by Gasteiger charge is -2.36. The summed E-state index contributed by atoms with van der Waals surface area (Å²) in [6.45, 7) is 9.80. The van der Waals surface area contributed by atoms with Gasteiger partial charge in [0.2, 0.25) is 0 Å². The Hall–Kier alpha value is -2.23. The Morgan fingerprint density at radius 1 is 1.19 bits per heavy atom. The number of phenols is 2. The lowest BCUT2D eigenvalue weighted by Crippen LogP contribution is -2.36. The molecule has 0 aromatic heterocycles. The SMILES string of the molecule is CC(=O)c1c(O)cc2c(c1O)CCC(C)(CC/C=C(\C)CCC=C(C)C)O2. The molecule has 2 N–H and O–H groups in total. The second-order valence-electron chi connectivity index (χ2n) is 8.11. The van der Waals surface area contributed by atoms with E-state index in [-0.39, 0.29) is 28.4 Å². The second-order valence-corrected chi connectivity index (χ2v) is 8.11. The monoisotopic (exact) mass is 372 g/mol. The topological polar surface area (TPSA) is 66.8 Å². The van der Waals surface area contributed by atoms with Gasteiger partial charge in [-0.1, -0.05) is 23.3 Å². The first-order valence-corrected chi connectivity index (χ1v) is 9.69. The van der Waals surface area contributed by atoms with Gasteiger partial charge in [-0.05, 0) is 73.1 Å². The molecule has 0 radical (unpaired) electrons. The Bertz CT molecular complexity index is 769. The molecule has 4 heteroatoms. The van der Waals surface area contributed by atoms with Crippen molar-refractivity contribution < 1.29 is 19.7 Å². The van der Waals surface area contributed by atoms with Crippen molar-refractivity contribution >= 4 is 5.78 Å². The molecule has 2 rings (SSSR count). The van der Waals surface area contributed by atoms with Crippen molar-refractivity contribution in [2.75, 3.05) is 0 Å². The zero-order chi connectivity index (χ0) is 20.2. The van der Waals surface area contributed by atoms with Crippen LogP contribution in [-0.2, 0) is 6.42 Å². The number of ketones is 1. The van der Waals surface area contributed by atoms with E-state index in [1.165, 1.54) is 24.1 Å². The fourth-order valence-corrected chi connectivity index (χ4v) is 3.55. The van der Waals surface area contributed by atoms with E-state index in [0.717, 1.165) is 32.1 Å². The third-order valence-corrected chi connectivity index (χ3v) is 5.21. The summed E-state index contributed by atoms with van der Waals surface area (Å²) in [5.41, 5.74) is 2.98. The molecule has 0 saturated carbocycles. The van der Waals surface area contributed by atoms with E-state index in [0.29, 0.717) is 17.7 Å². The number of Topliss-reactive ketones (excluding diaryl/α,β-unsaturated/α-hetero) is 1. The van der Waals surface area contributed by atoms with Gasteiger partial charge in [-0.15, -0.1) is 0 Å². The maximum Gasteiger partial charge on any atom is 0.167 e. The number of rotatable bonds is 7. The molecule has 1 heterocycles. The number of aromatic hydroxyl groups is 2. The van der Waals surface area contributed by atoms with Gasteiger partial charge in [0, 0.05) is 11.6 Å². The molecule has 0 aliphatic carbocycles. The molecule has 0 fully saturated rings. The second kappa shape index (κ2) is 8.64. The Kier molecular flexibility index (Phi) is 6.74. The van der Waals surface area contributed by atoms with Crippen molar-refractivity contribution in [3.63, 3.8) is 0 Å². The van der Waals surface area contributed by atoms with Gasteiger partial charge in [-0.3, -0.25) is 4.79 Å². The third-order valence-electron chi connectivity index (χ3n) is 5.21. The lowest BCUT2D eigenvalue weighted by molar-refractivity contribution is 0.0560. The van der Waals surface area contributed by atoms with Crippen molar-refractivity contribution in [3.8, 4) is 17.2 Å². The molecule has 4 nitrogen and oxygen atoms in total. The number of ether oxygens (including phenoxy) is 1. The number of benzene rings is 1. The summed E-state index contributed by atoms with van der Waals surface area (Å²) in [5.74, 6) is -0.240. The summed E-state index contributed by atoms with van der Waals surface area (Å²) in [4.78, 5) is 11.6. The summed E-state index contributed by atoms with van der Waals surface area (Å²) < 4.78 is 6.14. The Morgan fingerprint density at radius 3 is 2.52 bits per heavy atom. The first-order chi connectivity index (χ1) is 12.6. The predicted octanol–water partition coefficient (Wildman–Crippen LogP) is 5.86. The van der Waals surface area contributed by atoms with E-state index in [9.17, 15) is 15.0 Å². The van der Waals surface area contributed by atoms with Gasteiger partial charge in [0.15, 0.2) is 5.78 Å². The summed E-state index contributed by atoms with van der Waals surface area (Å²) in [5, 5.41) is 20.4. The fraction of sp³-hybridized carbons (Fsp3) is 0.522. The molecule has 0 amide bonds. The Balaban J connectivity index is 2.04. The third kappa shape index (κ3) is 5.38. The number of fused-ring (bicyclic) bond motifs is 1. The van der Waals surface area contributed by atoms with Crippen LogP contribution in [0.3, 0.4) is 0 Å². The van der Waals surface area contributed by atoms with Crippen molar-refractivity contribution in [3.05, 3.63) is 40.5 Å². The number of hydrogen-bond acceptors (Lipinski definition) is 4. The van der Waals surface area contributed by atoms with Gasteiger partial charge in [-0.25, -0.2) is 0 Å². The minimum atomic E-state index is -0.352. The van der Waals surface area contributed by atoms with Gasteiger partial charge in [0.05, 0.1) is 0 Å². The van der Waals surface area contributed by atoms with Crippen LogP contribution in [0.4, 0.5) is 0 Å². The summed E-state index contributed by atoms with van der Waals surface area (Å²) in [7, 11) is 0. The van der Waals surface area contributed by atoms with Crippen LogP contribution in [0.1, 0.15) is 82.6 Å². The molecule has 1 atom stereocenters. The molecular formula is C23H32O4. The van der Waals surface area contributed by atoms with E-state index in [1.54, 1.807) is 0 Å². The quantitative estimate of drug-likeness (QED) is 0.465. The molecule has 1 aliphatic heterocycles. The lowest BCUT2D eigenvalue weighted by atomic mass is 9.87. The van der Waals surface area contributed by atoms with Gasteiger partial charge >= 0.3 is 0 Å². The summed E-state index contributed by atoms with van der Waals surface area (Å²) >= 11 is 0. The number of carbonyl (C=O) groups excluding carboxylic acids is 1. The van der Waals surface area contributed by atoms with Crippen LogP contribution < -0.4 is 4.74 Å². The highest BCUT2D eigenvalue weighted by molar-refractivity contribution is 6.00. The average Bonchev–Trinajstić information content (AvgIpc) is 2.53. The predicted molar refractivity (Wildman–Crippen MR) is 109 cm³/mol. The number of hydrogen-bond donors (Lipinski definition) is 2. The molecule has 0 saturated heterocycles. The van der Waals surface area contributed by atoms with Crippen LogP contribution in [0.2, 0.25) is 0 Å². The highest BCUT2D eigenvalue weighted by Gasteiger charge is 2.34. The highest BCUT2D eigenvalue weighted by Crippen LogP contribution is 2.45. The van der Waals surface area contributed by atoms with Gasteiger partial charge in [0.1, 0.15) is 28.4 Å². The largest absolute Gasteiger partial charge is 0.507 e. The highest BCUT2D eigenvalue weighted by atomic mass is 16.5. The zero-order valence-corrected chi connectivity index (χ0v) is 17.2. The summed E-state index contributed by atoms with van der Waals surface area (Å²) in [6, 6.07) is 1.46. The van der Waals surface area contributed by atoms with E-state index in [4.69, 9.17) is 4.74 Å². The first-order valence-electron chi connectivity index (χ1n) is 9.69. The molecule has 1 aliphatic rings. The van der Waals surface area contributed by atoms with Crippen LogP contribution >= 0.6 is 0 Å². The standard InChI is InChI=1S/C23H32O4/c1-15(2)8-6-9-16(3)10-7-12-23(5)13-11-18-20(27-23)14-19(25)21(17(4)24)22(18)26/h8,10,14,25-26H,6-7,9,11-13H2,1-5H3/b16-10+.